The Bertz CT molecular complexity index is 1000. The Labute approximate surface area is 160 Å². The lowest BCUT2D eigenvalue weighted by atomic mass is 9.96. The fourth-order valence-electron chi connectivity index (χ4n) is 2.98. The van der Waals surface area contributed by atoms with Crippen molar-refractivity contribution < 1.29 is 43.9 Å². The topological polar surface area (TPSA) is 82.3 Å². The summed E-state index contributed by atoms with van der Waals surface area (Å²) in [6.07, 6.45) is -11.3. The molecule has 29 heavy (non-hydrogen) atoms. The summed E-state index contributed by atoms with van der Waals surface area (Å²) in [6, 6.07) is 3.28. The van der Waals surface area contributed by atoms with E-state index in [1.165, 1.54) is 6.92 Å². The first-order valence-electron chi connectivity index (χ1n) is 8.18. The highest BCUT2D eigenvalue weighted by Crippen LogP contribution is 2.43. The second-order valence-corrected chi connectivity index (χ2v) is 9.20. The molecule has 0 bridgehead atoms. The summed E-state index contributed by atoms with van der Waals surface area (Å²) in [6.45, 7) is 1.11. The standard InChI is InChI=1S/C16H14F6N2O4S/c1-14(29(25,26)10-4-2-3-9(7-10)15(17,18)19)5-6-27-11(8-14)12-23-24-13(28-12)16(20,21)22/h2-4,7,11H,5-6,8H2,1H3. The van der Waals surface area contributed by atoms with Crippen molar-refractivity contribution in [3.63, 3.8) is 0 Å². The minimum atomic E-state index is -4.88. The smallest absolute Gasteiger partial charge is 0.415 e. The number of alkyl halides is 6. The lowest BCUT2D eigenvalue weighted by Crippen LogP contribution is -2.42. The van der Waals surface area contributed by atoms with Gasteiger partial charge in [0.2, 0.25) is 5.89 Å². The Balaban J connectivity index is 1.92. The number of ether oxygens (including phenoxy) is 1. The molecule has 1 aromatic carbocycles. The highest BCUT2D eigenvalue weighted by Gasteiger charge is 2.47. The van der Waals surface area contributed by atoms with Crippen LogP contribution in [0.3, 0.4) is 0 Å². The third kappa shape index (κ3) is 4.10. The Morgan fingerprint density at radius 3 is 2.38 bits per heavy atom. The van der Waals surface area contributed by atoms with E-state index in [1.807, 2.05) is 0 Å². The summed E-state index contributed by atoms with van der Waals surface area (Å²) in [5.41, 5.74) is -1.13. The number of aromatic nitrogens is 2. The molecule has 3 rings (SSSR count). The van der Waals surface area contributed by atoms with Crippen molar-refractivity contribution in [3.8, 4) is 0 Å². The Morgan fingerprint density at radius 2 is 1.79 bits per heavy atom. The van der Waals surface area contributed by atoms with Gasteiger partial charge in [-0.05, 0) is 31.5 Å². The van der Waals surface area contributed by atoms with Crippen LogP contribution in [0.2, 0.25) is 0 Å². The average molecular weight is 444 g/mol. The third-order valence-electron chi connectivity index (χ3n) is 4.65. The van der Waals surface area contributed by atoms with Crippen molar-refractivity contribution in [1.82, 2.24) is 10.2 Å². The van der Waals surface area contributed by atoms with Gasteiger partial charge in [0.15, 0.2) is 9.84 Å². The van der Waals surface area contributed by atoms with E-state index in [-0.39, 0.29) is 19.4 Å². The molecule has 0 aliphatic carbocycles. The third-order valence-corrected chi connectivity index (χ3v) is 7.19. The molecule has 1 aliphatic heterocycles. The zero-order valence-electron chi connectivity index (χ0n) is 14.7. The predicted molar refractivity (Wildman–Crippen MR) is 84.3 cm³/mol. The first kappa shape index (κ1) is 21.6. The number of benzene rings is 1. The molecule has 1 aliphatic rings. The minimum Gasteiger partial charge on any atom is -0.415 e. The van der Waals surface area contributed by atoms with Crippen molar-refractivity contribution in [2.75, 3.05) is 6.61 Å². The molecule has 2 unspecified atom stereocenters. The quantitative estimate of drug-likeness (QED) is 0.661. The van der Waals surface area contributed by atoms with Gasteiger partial charge in [0.1, 0.15) is 6.10 Å². The molecule has 0 spiro atoms. The fraction of sp³-hybridized carbons (Fsp3) is 0.500. The molecule has 6 nitrogen and oxygen atoms in total. The Kier molecular flexibility index (Phi) is 5.18. The molecule has 13 heteroatoms. The maximum absolute atomic E-state index is 13.1. The van der Waals surface area contributed by atoms with E-state index in [0.29, 0.717) is 6.07 Å². The second kappa shape index (κ2) is 6.97. The van der Waals surface area contributed by atoms with Crippen LogP contribution in [0.25, 0.3) is 0 Å². The van der Waals surface area contributed by atoms with E-state index >= 15 is 0 Å². The summed E-state index contributed by atoms with van der Waals surface area (Å²) >= 11 is 0. The molecule has 0 saturated carbocycles. The van der Waals surface area contributed by atoms with E-state index in [1.54, 1.807) is 0 Å². The van der Waals surface area contributed by atoms with Gasteiger partial charge in [0.25, 0.3) is 0 Å². The molecule has 160 valence electrons. The lowest BCUT2D eigenvalue weighted by Gasteiger charge is -2.36. The van der Waals surface area contributed by atoms with Crippen molar-refractivity contribution in [1.29, 1.82) is 0 Å². The molecule has 0 radical (unpaired) electrons. The van der Waals surface area contributed by atoms with Gasteiger partial charge in [0, 0.05) is 13.0 Å². The van der Waals surface area contributed by atoms with Crippen LogP contribution in [0.15, 0.2) is 33.6 Å². The molecule has 2 atom stereocenters. The zero-order valence-corrected chi connectivity index (χ0v) is 15.5. The number of halogens is 6. The molecular formula is C16H14F6N2O4S. The Morgan fingerprint density at radius 1 is 1.10 bits per heavy atom. The first-order chi connectivity index (χ1) is 13.2. The molecule has 1 saturated heterocycles. The Hall–Kier alpha value is -2.15. The molecule has 0 amide bonds. The van der Waals surface area contributed by atoms with Gasteiger partial charge in [0.05, 0.1) is 15.2 Å². The summed E-state index contributed by atoms with van der Waals surface area (Å²) in [5.74, 6) is -2.16. The average Bonchev–Trinajstić information content (AvgIpc) is 3.12. The maximum Gasteiger partial charge on any atom is 0.470 e. The van der Waals surface area contributed by atoms with Gasteiger partial charge in [-0.15, -0.1) is 10.2 Å². The summed E-state index contributed by atoms with van der Waals surface area (Å²) in [4.78, 5) is -0.544. The number of sulfone groups is 1. The van der Waals surface area contributed by atoms with E-state index in [9.17, 15) is 34.8 Å². The largest absolute Gasteiger partial charge is 0.470 e. The minimum absolute atomic E-state index is 0.0810. The fourth-order valence-corrected chi connectivity index (χ4v) is 4.81. The summed E-state index contributed by atoms with van der Waals surface area (Å²) < 4.78 is 111. The van der Waals surface area contributed by atoms with Crippen molar-refractivity contribution in [2.45, 2.75) is 47.9 Å². The van der Waals surface area contributed by atoms with Crippen molar-refractivity contribution >= 4 is 9.84 Å². The molecule has 1 fully saturated rings. The van der Waals surface area contributed by atoms with Crippen LogP contribution in [-0.4, -0.2) is 30.0 Å². The molecular weight excluding hydrogens is 430 g/mol. The highest BCUT2D eigenvalue weighted by molar-refractivity contribution is 7.92. The van der Waals surface area contributed by atoms with E-state index in [0.717, 1.165) is 18.2 Å². The molecule has 0 N–H and O–H groups in total. The number of hydrogen-bond donors (Lipinski definition) is 0. The van der Waals surface area contributed by atoms with Crippen LogP contribution in [-0.2, 0) is 26.9 Å². The van der Waals surface area contributed by atoms with E-state index in [2.05, 4.69) is 14.6 Å². The van der Waals surface area contributed by atoms with Crippen molar-refractivity contribution in [3.05, 3.63) is 41.6 Å². The molecule has 1 aromatic heterocycles. The van der Waals surface area contributed by atoms with Crippen molar-refractivity contribution in [2.24, 2.45) is 0 Å². The number of hydrogen-bond acceptors (Lipinski definition) is 6. The van der Waals surface area contributed by atoms with Gasteiger partial charge in [-0.25, -0.2) is 8.42 Å². The highest BCUT2D eigenvalue weighted by atomic mass is 32.2. The number of nitrogens with zero attached hydrogens (tertiary/aromatic N) is 2. The van der Waals surface area contributed by atoms with Crippen LogP contribution >= 0.6 is 0 Å². The summed E-state index contributed by atoms with van der Waals surface area (Å²) in [7, 11) is -4.30. The lowest BCUT2D eigenvalue weighted by molar-refractivity contribution is -0.158. The second-order valence-electron chi connectivity index (χ2n) is 6.74. The first-order valence-corrected chi connectivity index (χ1v) is 9.66. The van der Waals surface area contributed by atoms with Gasteiger partial charge in [-0.1, -0.05) is 6.07 Å². The van der Waals surface area contributed by atoms with Crippen LogP contribution in [0.1, 0.15) is 43.2 Å². The summed E-state index contributed by atoms with van der Waals surface area (Å²) in [5, 5.41) is 6.14. The monoisotopic (exact) mass is 444 g/mol. The zero-order chi connectivity index (χ0) is 21.7. The van der Waals surface area contributed by atoms with Gasteiger partial charge >= 0.3 is 18.2 Å². The SMILES string of the molecule is CC1(S(=O)(=O)c2cccc(C(F)(F)F)c2)CCOC(c2nnc(C(F)(F)F)o2)C1. The predicted octanol–water partition coefficient (Wildman–Crippen LogP) is 4.19. The van der Waals surface area contributed by atoms with E-state index in [4.69, 9.17) is 4.74 Å². The van der Waals surface area contributed by atoms with Crippen LogP contribution in [0, 0.1) is 0 Å². The molecule has 2 heterocycles. The van der Waals surface area contributed by atoms with Crippen LogP contribution in [0.4, 0.5) is 26.3 Å². The molecule has 2 aromatic rings. The normalized spacial score (nSPS) is 23.9. The maximum atomic E-state index is 13.1. The van der Waals surface area contributed by atoms with Gasteiger partial charge in [-0.2, -0.15) is 26.3 Å². The van der Waals surface area contributed by atoms with Gasteiger partial charge < -0.3 is 9.15 Å². The van der Waals surface area contributed by atoms with Gasteiger partial charge in [-0.3, -0.25) is 0 Å². The van der Waals surface area contributed by atoms with Crippen LogP contribution < -0.4 is 0 Å². The van der Waals surface area contributed by atoms with E-state index < -0.39 is 55.3 Å². The van der Waals surface area contributed by atoms with Crippen LogP contribution in [0.5, 0.6) is 0 Å². The number of rotatable bonds is 3.